The highest BCUT2D eigenvalue weighted by atomic mass is 32.2. The minimum Gasteiger partial charge on any atom is -0.369 e. The summed E-state index contributed by atoms with van der Waals surface area (Å²) >= 11 is 0. The van der Waals surface area contributed by atoms with Gasteiger partial charge < -0.3 is 10.6 Å². The van der Waals surface area contributed by atoms with Gasteiger partial charge in [0.1, 0.15) is 11.5 Å². The number of rotatable bonds is 8. The van der Waals surface area contributed by atoms with Crippen molar-refractivity contribution in [2.75, 3.05) is 38.3 Å². The highest BCUT2D eigenvalue weighted by Gasteiger charge is 2.15. The molecule has 0 bridgehead atoms. The predicted molar refractivity (Wildman–Crippen MR) is 80.6 cm³/mol. The van der Waals surface area contributed by atoms with E-state index in [1.807, 2.05) is 6.92 Å². The Morgan fingerprint density at radius 3 is 2.62 bits per heavy atom. The minimum atomic E-state index is -3.33. The van der Waals surface area contributed by atoms with Gasteiger partial charge in [-0.1, -0.05) is 6.92 Å². The molecule has 118 valence electrons. The Hall–Kier alpha value is -1.74. The number of hydrogen-bond donors (Lipinski definition) is 2. The molecular formula is C12H21N5O3S. The fraction of sp³-hybridized carbons (Fsp3) is 0.583. The van der Waals surface area contributed by atoms with Gasteiger partial charge in [0.05, 0.1) is 18.1 Å². The Bertz CT molecular complexity index is 574. The van der Waals surface area contributed by atoms with Gasteiger partial charge in [-0.2, -0.15) is 0 Å². The number of sulfonamides is 1. The van der Waals surface area contributed by atoms with Crippen molar-refractivity contribution in [1.82, 2.24) is 19.6 Å². The topological polar surface area (TPSA) is 104 Å². The lowest BCUT2D eigenvalue weighted by Gasteiger charge is -2.11. The zero-order chi connectivity index (χ0) is 15.9. The van der Waals surface area contributed by atoms with Crippen LogP contribution in [0.25, 0.3) is 0 Å². The van der Waals surface area contributed by atoms with Crippen LogP contribution in [0.2, 0.25) is 0 Å². The number of nitrogens with one attached hydrogen (secondary N) is 2. The molecule has 0 radical (unpaired) electrons. The number of carbonyl (C=O) groups excluding carboxylic acids is 1. The van der Waals surface area contributed by atoms with E-state index in [0.717, 1.165) is 17.3 Å². The first-order chi connectivity index (χ1) is 9.86. The first-order valence-electron chi connectivity index (χ1n) is 6.61. The van der Waals surface area contributed by atoms with Gasteiger partial charge in [-0.05, 0) is 6.42 Å². The normalized spacial score (nSPS) is 11.4. The van der Waals surface area contributed by atoms with E-state index in [1.165, 1.54) is 26.5 Å². The van der Waals surface area contributed by atoms with Crippen LogP contribution in [-0.4, -0.2) is 61.5 Å². The molecule has 0 saturated carbocycles. The van der Waals surface area contributed by atoms with Crippen LogP contribution in [0.4, 0.5) is 5.82 Å². The van der Waals surface area contributed by atoms with Crippen LogP contribution in [0.1, 0.15) is 23.8 Å². The van der Waals surface area contributed by atoms with Gasteiger partial charge in [0.2, 0.25) is 10.0 Å². The van der Waals surface area contributed by atoms with Crippen LogP contribution in [0.3, 0.4) is 0 Å². The van der Waals surface area contributed by atoms with Gasteiger partial charge in [-0.15, -0.1) is 0 Å². The van der Waals surface area contributed by atoms with Crippen molar-refractivity contribution in [3.05, 3.63) is 18.1 Å². The summed E-state index contributed by atoms with van der Waals surface area (Å²) in [5, 5.41) is 5.55. The predicted octanol–water partition coefficient (Wildman–Crippen LogP) is -0.0803. The van der Waals surface area contributed by atoms with Gasteiger partial charge in [0.15, 0.2) is 0 Å². The summed E-state index contributed by atoms with van der Waals surface area (Å²) in [7, 11) is -0.426. The molecule has 1 rings (SSSR count). The van der Waals surface area contributed by atoms with E-state index < -0.39 is 15.9 Å². The molecule has 1 aromatic rings. The van der Waals surface area contributed by atoms with Gasteiger partial charge in [-0.25, -0.2) is 17.7 Å². The van der Waals surface area contributed by atoms with Crippen molar-refractivity contribution < 1.29 is 13.2 Å². The highest BCUT2D eigenvalue weighted by Crippen LogP contribution is 2.02. The van der Waals surface area contributed by atoms with Gasteiger partial charge in [0, 0.05) is 27.2 Å². The Labute approximate surface area is 125 Å². The molecule has 0 atom stereocenters. The summed E-state index contributed by atoms with van der Waals surface area (Å²) in [6.07, 6.45) is 3.80. The molecule has 9 heteroatoms. The average Bonchev–Trinajstić information content (AvgIpc) is 2.45. The molecule has 0 aromatic carbocycles. The molecule has 0 aliphatic rings. The van der Waals surface area contributed by atoms with Crippen LogP contribution in [0.5, 0.6) is 0 Å². The highest BCUT2D eigenvalue weighted by molar-refractivity contribution is 7.89. The Balaban J connectivity index is 2.56. The number of hydrogen-bond acceptors (Lipinski definition) is 6. The zero-order valence-electron chi connectivity index (χ0n) is 12.5. The van der Waals surface area contributed by atoms with E-state index >= 15 is 0 Å². The molecule has 0 aliphatic heterocycles. The van der Waals surface area contributed by atoms with E-state index in [-0.39, 0.29) is 18.0 Å². The second-order valence-electron chi connectivity index (χ2n) is 4.57. The number of aromatic nitrogens is 2. The quantitative estimate of drug-likeness (QED) is 0.695. The number of anilines is 1. The van der Waals surface area contributed by atoms with Gasteiger partial charge in [-0.3, -0.25) is 9.78 Å². The van der Waals surface area contributed by atoms with Gasteiger partial charge >= 0.3 is 0 Å². The van der Waals surface area contributed by atoms with Crippen molar-refractivity contribution in [3.63, 3.8) is 0 Å². The second kappa shape index (κ2) is 7.89. The summed E-state index contributed by atoms with van der Waals surface area (Å²) in [5.41, 5.74) is 0.151. The van der Waals surface area contributed by atoms with Crippen molar-refractivity contribution >= 4 is 21.7 Å². The minimum absolute atomic E-state index is 0.0215. The molecule has 1 amide bonds. The summed E-state index contributed by atoms with van der Waals surface area (Å²) in [4.78, 5) is 19.9. The smallest absolute Gasteiger partial charge is 0.271 e. The fourth-order valence-corrected chi connectivity index (χ4v) is 2.11. The van der Waals surface area contributed by atoms with E-state index in [2.05, 4.69) is 20.6 Å². The maximum Gasteiger partial charge on any atom is 0.271 e. The fourth-order valence-electron chi connectivity index (χ4n) is 1.38. The third kappa shape index (κ3) is 5.64. The standard InChI is InChI=1S/C12H21N5O3S/c1-4-5-14-11-9-13-8-10(16-11)12(18)15-6-7-21(19,20)17(2)3/h8-9H,4-7H2,1-3H3,(H,14,16)(H,15,18). The van der Waals surface area contributed by atoms with Crippen LogP contribution in [0, 0.1) is 0 Å². The number of amides is 1. The summed E-state index contributed by atoms with van der Waals surface area (Å²) < 4.78 is 24.2. The largest absolute Gasteiger partial charge is 0.369 e. The second-order valence-corrected chi connectivity index (χ2v) is 6.87. The number of nitrogens with zero attached hydrogens (tertiary/aromatic N) is 3. The molecule has 1 aromatic heterocycles. The molecule has 2 N–H and O–H groups in total. The van der Waals surface area contributed by atoms with Crippen molar-refractivity contribution in [1.29, 1.82) is 0 Å². The van der Waals surface area contributed by atoms with E-state index in [1.54, 1.807) is 0 Å². The van der Waals surface area contributed by atoms with E-state index in [0.29, 0.717) is 5.82 Å². The molecule has 0 fully saturated rings. The van der Waals surface area contributed by atoms with E-state index in [4.69, 9.17) is 0 Å². The third-order valence-corrected chi connectivity index (χ3v) is 4.46. The average molecular weight is 315 g/mol. The summed E-state index contributed by atoms with van der Waals surface area (Å²) in [5.74, 6) is -0.0885. The van der Waals surface area contributed by atoms with Crippen LogP contribution in [0.15, 0.2) is 12.4 Å². The molecular weight excluding hydrogens is 294 g/mol. The van der Waals surface area contributed by atoms with Crippen LogP contribution >= 0.6 is 0 Å². The van der Waals surface area contributed by atoms with Gasteiger partial charge in [0.25, 0.3) is 5.91 Å². The Morgan fingerprint density at radius 2 is 2.00 bits per heavy atom. The molecule has 0 saturated heterocycles. The molecule has 0 aliphatic carbocycles. The lowest BCUT2D eigenvalue weighted by Crippen LogP contribution is -2.34. The maximum atomic E-state index is 11.9. The monoisotopic (exact) mass is 315 g/mol. The Morgan fingerprint density at radius 1 is 1.29 bits per heavy atom. The summed E-state index contributed by atoms with van der Waals surface area (Å²) in [6, 6.07) is 0. The molecule has 21 heavy (non-hydrogen) atoms. The van der Waals surface area contributed by atoms with Crippen LogP contribution in [-0.2, 0) is 10.0 Å². The van der Waals surface area contributed by atoms with Crippen molar-refractivity contribution in [2.24, 2.45) is 0 Å². The number of carbonyl (C=O) groups is 1. The molecule has 0 spiro atoms. The van der Waals surface area contributed by atoms with Crippen molar-refractivity contribution in [2.45, 2.75) is 13.3 Å². The first kappa shape index (κ1) is 17.3. The lowest BCUT2D eigenvalue weighted by molar-refractivity contribution is 0.0951. The zero-order valence-corrected chi connectivity index (χ0v) is 13.3. The lowest BCUT2D eigenvalue weighted by atomic mass is 10.4. The SMILES string of the molecule is CCCNc1cncc(C(=O)NCCS(=O)(=O)N(C)C)n1. The summed E-state index contributed by atoms with van der Waals surface area (Å²) in [6.45, 7) is 2.77. The molecule has 0 unspecified atom stereocenters. The molecule has 8 nitrogen and oxygen atoms in total. The Kier molecular flexibility index (Phi) is 6.50. The molecule has 1 heterocycles. The van der Waals surface area contributed by atoms with Crippen LogP contribution < -0.4 is 10.6 Å². The first-order valence-corrected chi connectivity index (χ1v) is 8.22. The van der Waals surface area contributed by atoms with E-state index in [9.17, 15) is 13.2 Å². The maximum absolute atomic E-state index is 11.9. The third-order valence-electron chi connectivity index (χ3n) is 2.63. The van der Waals surface area contributed by atoms with Crippen molar-refractivity contribution in [3.8, 4) is 0 Å².